The number of hydrogen-bond acceptors (Lipinski definition) is 5. The van der Waals surface area contributed by atoms with Gasteiger partial charge in [-0.2, -0.15) is 0 Å². The minimum absolute atomic E-state index is 0.0598. The highest BCUT2D eigenvalue weighted by Crippen LogP contribution is 2.37. The van der Waals surface area contributed by atoms with Gasteiger partial charge in [-0.3, -0.25) is 4.79 Å². The Labute approximate surface area is 124 Å². The molecule has 1 spiro atoms. The summed E-state index contributed by atoms with van der Waals surface area (Å²) in [6, 6.07) is 1.66. The van der Waals surface area contributed by atoms with Gasteiger partial charge in [-0.05, 0) is 32.3 Å². The number of hydrogen-bond donors (Lipinski definition) is 0. The summed E-state index contributed by atoms with van der Waals surface area (Å²) in [6.45, 7) is 3.81. The van der Waals surface area contributed by atoms with Crippen LogP contribution in [-0.2, 0) is 9.47 Å². The molecule has 6 heteroatoms. The Kier molecular flexibility index (Phi) is 3.91. The molecule has 1 aromatic rings. The zero-order valence-corrected chi connectivity index (χ0v) is 12.5. The SMILES string of the molecule is CO[C@H]1CN(C(=O)c2ccnc(C)n2)CC[C@@]12CCCO2. The van der Waals surface area contributed by atoms with Gasteiger partial charge in [-0.15, -0.1) is 0 Å². The van der Waals surface area contributed by atoms with Gasteiger partial charge in [0.15, 0.2) is 0 Å². The third kappa shape index (κ3) is 2.65. The molecule has 0 saturated carbocycles. The van der Waals surface area contributed by atoms with Gasteiger partial charge in [0.05, 0.1) is 12.1 Å². The van der Waals surface area contributed by atoms with Gasteiger partial charge < -0.3 is 14.4 Å². The van der Waals surface area contributed by atoms with Crippen molar-refractivity contribution in [2.75, 3.05) is 26.8 Å². The van der Waals surface area contributed by atoms with Crippen LogP contribution in [0, 0.1) is 6.92 Å². The fourth-order valence-corrected chi connectivity index (χ4v) is 3.32. The third-order valence-electron chi connectivity index (χ3n) is 4.48. The molecule has 0 bridgehead atoms. The number of methoxy groups -OCH3 is 1. The average molecular weight is 291 g/mol. The first-order valence-electron chi connectivity index (χ1n) is 7.40. The van der Waals surface area contributed by atoms with Crippen LogP contribution in [0.15, 0.2) is 12.3 Å². The number of nitrogens with zero attached hydrogens (tertiary/aromatic N) is 3. The maximum Gasteiger partial charge on any atom is 0.272 e. The molecule has 1 aromatic heterocycles. The van der Waals surface area contributed by atoms with E-state index in [4.69, 9.17) is 9.47 Å². The molecule has 2 aliphatic rings. The highest BCUT2D eigenvalue weighted by molar-refractivity contribution is 5.92. The largest absolute Gasteiger partial charge is 0.377 e. The first kappa shape index (κ1) is 14.4. The lowest BCUT2D eigenvalue weighted by molar-refractivity contribution is -0.136. The second kappa shape index (κ2) is 5.69. The van der Waals surface area contributed by atoms with Gasteiger partial charge in [0, 0.05) is 26.5 Å². The maximum atomic E-state index is 12.6. The second-order valence-electron chi connectivity index (χ2n) is 5.73. The highest BCUT2D eigenvalue weighted by atomic mass is 16.5. The lowest BCUT2D eigenvalue weighted by Gasteiger charge is -2.44. The summed E-state index contributed by atoms with van der Waals surface area (Å²) in [7, 11) is 1.69. The van der Waals surface area contributed by atoms with E-state index in [1.807, 2.05) is 4.90 Å². The molecule has 3 heterocycles. The lowest BCUT2D eigenvalue weighted by Crippen LogP contribution is -2.57. The summed E-state index contributed by atoms with van der Waals surface area (Å²) in [6.07, 6.45) is 4.45. The van der Waals surface area contributed by atoms with Gasteiger partial charge in [0.1, 0.15) is 17.6 Å². The molecule has 0 radical (unpaired) electrons. The number of ether oxygens (including phenoxy) is 2. The molecule has 2 atom stereocenters. The molecule has 2 aliphatic heterocycles. The molecule has 2 saturated heterocycles. The van der Waals surface area contributed by atoms with Crippen LogP contribution in [0.3, 0.4) is 0 Å². The number of amides is 1. The molecule has 0 aliphatic carbocycles. The fourth-order valence-electron chi connectivity index (χ4n) is 3.32. The van der Waals surface area contributed by atoms with E-state index in [9.17, 15) is 4.79 Å². The lowest BCUT2D eigenvalue weighted by atomic mass is 9.85. The van der Waals surface area contributed by atoms with E-state index in [-0.39, 0.29) is 17.6 Å². The van der Waals surface area contributed by atoms with Crippen molar-refractivity contribution in [1.29, 1.82) is 0 Å². The van der Waals surface area contributed by atoms with Crippen molar-refractivity contribution < 1.29 is 14.3 Å². The van der Waals surface area contributed by atoms with Crippen LogP contribution >= 0.6 is 0 Å². The van der Waals surface area contributed by atoms with Crippen molar-refractivity contribution in [3.05, 3.63) is 23.8 Å². The summed E-state index contributed by atoms with van der Waals surface area (Å²) in [5.74, 6) is 0.548. The number of likely N-dealkylation sites (tertiary alicyclic amines) is 1. The monoisotopic (exact) mass is 291 g/mol. The number of carbonyl (C=O) groups is 1. The van der Waals surface area contributed by atoms with Crippen LogP contribution in [0.1, 0.15) is 35.6 Å². The molecule has 3 rings (SSSR count). The smallest absolute Gasteiger partial charge is 0.272 e. The van der Waals surface area contributed by atoms with Crippen molar-refractivity contribution in [3.8, 4) is 0 Å². The third-order valence-corrected chi connectivity index (χ3v) is 4.48. The molecular formula is C15H21N3O3. The van der Waals surface area contributed by atoms with Crippen LogP contribution < -0.4 is 0 Å². The highest BCUT2D eigenvalue weighted by Gasteiger charge is 2.47. The van der Waals surface area contributed by atoms with Crippen LogP contribution in [0.25, 0.3) is 0 Å². The Morgan fingerprint density at radius 3 is 3.05 bits per heavy atom. The number of piperidine rings is 1. The Hall–Kier alpha value is -1.53. The molecule has 21 heavy (non-hydrogen) atoms. The number of aromatic nitrogens is 2. The molecule has 6 nitrogen and oxygen atoms in total. The zero-order chi connectivity index (χ0) is 14.9. The fraction of sp³-hybridized carbons (Fsp3) is 0.667. The van der Waals surface area contributed by atoms with Gasteiger partial charge in [0.2, 0.25) is 0 Å². The first-order chi connectivity index (χ1) is 10.1. The van der Waals surface area contributed by atoms with E-state index in [0.29, 0.717) is 24.6 Å². The summed E-state index contributed by atoms with van der Waals surface area (Å²) < 4.78 is 11.6. The normalized spacial score (nSPS) is 29.0. The van der Waals surface area contributed by atoms with E-state index >= 15 is 0 Å². The Morgan fingerprint density at radius 2 is 2.38 bits per heavy atom. The molecule has 0 N–H and O–H groups in total. The number of aryl methyl sites for hydroxylation is 1. The van der Waals surface area contributed by atoms with Gasteiger partial charge in [-0.25, -0.2) is 9.97 Å². The van der Waals surface area contributed by atoms with Gasteiger partial charge in [-0.1, -0.05) is 0 Å². The Bertz CT molecular complexity index is 529. The summed E-state index contributed by atoms with van der Waals surface area (Å²) in [5.41, 5.74) is 0.244. The Balaban J connectivity index is 1.75. The molecule has 1 amide bonds. The Morgan fingerprint density at radius 1 is 1.52 bits per heavy atom. The number of carbonyl (C=O) groups excluding carboxylic acids is 1. The zero-order valence-electron chi connectivity index (χ0n) is 12.5. The quantitative estimate of drug-likeness (QED) is 0.819. The van der Waals surface area contributed by atoms with E-state index in [1.165, 1.54) is 0 Å². The van der Waals surface area contributed by atoms with Crippen LogP contribution in [0.2, 0.25) is 0 Å². The maximum absolute atomic E-state index is 12.6. The van der Waals surface area contributed by atoms with Crippen molar-refractivity contribution in [1.82, 2.24) is 14.9 Å². The molecule has 2 fully saturated rings. The standard InChI is InChI=1S/C15H21N3O3/c1-11-16-7-4-12(17-11)14(19)18-8-6-15(5-3-9-21-15)13(10-18)20-2/h4,7,13H,3,5-6,8-10H2,1-2H3/t13-,15-/m0/s1. The van der Waals surface area contributed by atoms with Crippen LogP contribution in [-0.4, -0.2) is 59.3 Å². The summed E-state index contributed by atoms with van der Waals surface area (Å²) in [5, 5.41) is 0. The first-order valence-corrected chi connectivity index (χ1v) is 7.40. The topological polar surface area (TPSA) is 64.5 Å². The molecule has 0 aromatic carbocycles. The van der Waals surface area contributed by atoms with E-state index < -0.39 is 0 Å². The van der Waals surface area contributed by atoms with Crippen molar-refractivity contribution in [2.45, 2.75) is 37.9 Å². The average Bonchev–Trinajstić information content (AvgIpc) is 2.96. The van der Waals surface area contributed by atoms with Crippen molar-refractivity contribution in [3.63, 3.8) is 0 Å². The predicted molar refractivity (Wildman–Crippen MR) is 76.0 cm³/mol. The number of rotatable bonds is 2. The van der Waals surface area contributed by atoms with Gasteiger partial charge >= 0.3 is 0 Å². The minimum Gasteiger partial charge on any atom is -0.377 e. The molecular weight excluding hydrogens is 270 g/mol. The second-order valence-corrected chi connectivity index (χ2v) is 5.73. The van der Waals surface area contributed by atoms with E-state index in [2.05, 4.69) is 9.97 Å². The summed E-state index contributed by atoms with van der Waals surface area (Å²) >= 11 is 0. The van der Waals surface area contributed by atoms with E-state index in [0.717, 1.165) is 25.9 Å². The van der Waals surface area contributed by atoms with Crippen LogP contribution in [0.5, 0.6) is 0 Å². The van der Waals surface area contributed by atoms with E-state index in [1.54, 1.807) is 26.3 Å². The van der Waals surface area contributed by atoms with Crippen molar-refractivity contribution >= 4 is 5.91 Å². The predicted octanol–water partition coefficient (Wildman–Crippen LogP) is 1.20. The van der Waals surface area contributed by atoms with Gasteiger partial charge in [0.25, 0.3) is 5.91 Å². The molecule has 0 unspecified atom stereocenters. The molecule has 114 valence electrons. The summed E-state index contributed by atoms with van der Waals surface area (Å²) in [4.78, 5) is 22.6. The minimum atomic E-state index is -0.201. The van der Waals surface area contributed by atoms with Crippen molar-refractivity contribution in [2.24, 2.45) is 0 Å². The van der Waals surface area contributed by atoms with Crippen LogP contribution in [0.4, 0.5) is 0 Å².